The van der Waals surface area contributed by atoms with Crippen LogP contribution in [0.25, 0.3) is 0 Å². The molecule has 0 aliphatic carbocycles. The molecule has 114 valence electrons. The zero-order valence-corrected chi connectivity index (χ0v) is 13.3. The molecule has 1 atom stereocenters. The van der Waals surface area contributed by atoms with Gasteiger partial charge in [0, 0.05) is 25.1 Å². The number of rotatable bonds is 10. The van der Waals surface area contributed by atoms with Gasteiger partial charge < -0.3 is 15.0 Å². The summed E-state index contributed by atoms with van der Waals surface area (Å²) in [6.07, 6.45) is 6.25. The third kappa shape index (κ3) is 6.24. The van der Waals surface area contributed by atoms with Gasteiger partial charge in [0.1, 0.15) is 0 Å². The second-order valence-electron chi connectivity index (χ2n) is 6.11. The number of ether oxygens (including phenoxy) is 1. The molecule has 0 aromatic carbocycles. The van der Waals surface area contributed by atoms with Crippen LogP contribution in [0.2, 0.25) is 0 Å². The van der Waals surface area contributed by atoms with E-state index in [1.54, 1.807) is 0 Å². The Morgan fingerprint density at radius 2 is 1.84 bits per heavy atom. The maximum atomic E-state index is 5.81. The molecule has 0 aromatic heterocycles. The molecule has 1 unspecified atom stereocenters. The molecule has 0 radical (unpaired) electrons. The minimum atomic E-state index is 0.345. The average Bonchev–Trinajstić information content (AvgIpc) is 2.41. The molecule has 0 saturated carbocycles. The summed E-state index contributed by atoms with van der Waals surface area (Å²) in [6.45, 7) is 14.6. The van der Waals surface area contributed by atoms with Crippen LogP contribution in [0.15, 0.2) is 0 Å². The summed E-state index contributed by atoms with van der Waals surface area (Å²) in [5.41, 5.74) is 0.345. The van der Waals surface area contributed by atoms with Crippen LogP contribution in [0, 0.1) is 5.41 Å². The quantitative estimate of drug-likeness (QED) is 0.618. The Labute approximate surface area is 120 Å². The van der Waals surface area contributed by atoms with E-state index in [1.165, 1.54) is 51.7 Å². The lowest BCUT2D eigenvalue weighted by Gasteiger charge is -2.41. The van der Waals surface area contributed by atoms with Gasteiger partial charge >= 0.3 is 0 Å². The Balaban J connectivity index is 2.55. The summed E-state index contributed by atoms with van der Waals surface area (Å²) >= 11 is 0. The van der Waals surface area contributed by atoms with E-state index in [1.807, 2.05) is 0 Å². The maximum Gasteiger partial charge on any atom is 0.0546 e. The van der Waals surface area contributed by atoms with Crippen LogP contribution in [0.5, 0.6) is 0 Å². The van der Waals surface area contributed by atoms with Gasteiger partial charge in [0.25, 0.3) is 0 Å². The van der Waals surface area contributed by atoms with Crippen molar-refractivity contribution >= 4 is 0 Å². The smallest absolute Gasteiger partial charge is 0.0546 e. The first-order valence-corrected chi connectivity index (χ1v) is 8.27. The summed E-state index contributed by atoms with van der Waals surface area (Å²) in [5.74, 6) is 0. The van der Waals surface area contributed by atoms with E-state index in [-0.39, 0.29) is 0 Å². The predicted molar refractivity (Wildman–Crippen MR) is 82.7 cm³/mol. The van der Waals surface area contributed by atoms with Gasteiger partial charge in [-0.25, -0.2) is 0 Å². The lowest BCUT2D eigenvalue weighted by atomic mass is 9.81. The highest BCUT2D eigenvalue weighted by Gasteiger charge is 2.34. The summed E-state index contributed by atoms with van der Waals surface area (Å²) < 4.78 is 5.81. The lowest BCUT2D eigenvalue weighted by Crippen LogP contribution is -2.49. The van der Waals surface area contributed by atoms with Crippen molar-refractivity contribution in [2.75, 3.05) is 45.9 Å². The van der Waals surface area contributed by atoms with Crippen molar-refractivity contribution in [3.63, 3.8) is 0 Å². The predicted octanol–water partition coefficient (Wildman–Crippen LogP) is 2.90. The average molecular weight is 270 g/mol. The molecule has 0 aromatic rings. The van der Waals surface area contributed by atoms with E-state index in [0.717, 1.165) is 26.3 Å². The third-order valence-corrected chi connectivity index (χ3v) is 3.97. The molecule has 0 amide bonds. The molecule has 19 heavy (non-hydrogen) atoms. The van der Waals surface area contributed by atoms with Crippen molar-refractivity contribution in [2.45, 2.75) is 52.9 Å². The Bertz CT molecular complexity index is 209. The van der Waals surface area contributed by atoms with Gasteiger partial charge in [-0.15, -0.1) is 0 Å². The minimum Gasteiger partial charge on any atom is -0.381 e. The largest absolute Gasteiger partial charge is 0.381 e. The fourth-order valence-corrected chi connectivity index (χ4v) is 3.14. The van der Waals surface area contributed by atoms with Crippen molar-refractivity contribution < 1.29 is 4.74 Å². The van der Waals surface area contributed by atoms with Crippen molar-refractivity contribution in [3.8, 4) is 0 Å². The number of nitrogens with one attached hydrogen (secondary N) is 1. The minimum absolute atomic E-state index is 0.345. The molecule has 3 nitrogen and oxygen atoms in total. The van der Waals surface area contributed by atoms with E-state index in [9.17, 15) is 0 Å². The molecule has 1 N–H and O–H groups in total. The highest BCUT2D eigenvalue weighted by atomic mass is 16.5. The second kappa shape index (κ2) is 9.73. The van der Waals surface area contributed by atoms with Gasteiger partial charge in [-0.2, -0.15) is 0 Å². The summed E-state index contributed by atoms with van der Waals surface area (Å²) in [7, 11) is 0. The molecule has 0 spiro atoms. The van der Waals surface area contributed by atoms with Crippen LogP contribution in [0.3, 0.4) is 0 Å². The highest BCUT2D eigenvalue weighted by Crippen LogP contribution is 2.29. The van der Waals surface area contributed by atoms with Crippen LogP contribution < -0.4 is 5.32 Å². The van der Waals surface area contributed by atoms with Crippen LogP contribution in [-0.4, -0.2) is 50.8 Å². The van der Waals surface area contributed by atoms with Crippen molar-refractivity contribution in [2.24, 2.45) is 5.41 Å². The maximum absolute atomic E-state index is 5.81. The molecular formula is C16H34N2O. The van der Waals surface area contributed by atoms with Crippen molar-refractivity contribution in [1.82, 2.24) is 10.2 Å². The third-order valence-electron chi connectivity index (χ3n) is 3.97. The monoisotopic (exact) mass is 270 g/mol. The zero-order chi connectivity index (χ0) is 14.0. The SMILES string of the molecule is CCCNCC1(CN(CCC)CCC)CCCOC1. The zero-order valence-electron chi connectivity index (χ0n) is 13.3. The Hall–Kier alpha value is -0.120. The molecule has 1 saturated heterocycles. The fraction of sp³-hybridized carbons (Fsp3) is 1.00. The molecule has 0 bridgehead atoms. The fourth-order valence-electron chi connectivity index (χ4n) is 3.14. The Morgan fingerprint density at radius 1 is 1.11 bits per heavy atom. The number of hydrogen-bond acceptors (Lipinski definition) is 3. The topological polar surface area (TPSA) is 24.5 Å². The lowest BCUT2D eigenvalue weighted by molar-refractivity contribution is -0.0261. The van der Waals surface area contributed by atoms with Crippen molar-refractivity contribution in [3.05, 3.63) is 0 Å². The molecule has 1 aliphatic heterocycles. The van der Waals surface area contributed by atoms with E-state index < -0.39 is 0 Å². The van der Waals surface area contributed by atoms with Crippen LogP contribution in [0.1, 0.15) is 52.9 Å². The summed E-state index contributed by atoms with van der Waals surface area (Å²) in [5, 5.41) is 3.63. The standard InChI is InChI=1S/C16H34N2O/c1-4-9-17-13-16(8-7-12-19-15-16)14-18(10-5-2)11-6-3/h17H,4-15H2,1-3H3. The van der Waals surface area contributed by atoms with Crippen LogP contribution in [-0.2, 0) is 4.74 Å². The van der Waals surface area contributed by atoms with Crippen LogP contribution >= 0.6 is 0 Å². The molecule has 1 aliphatic rings. The van der Waals surface area contributed by atoms with Crippen molar-refractivity contribution in [1.29, 1.82) is 0 Å². The molecule has 3 heteroatoms. The Kier molecular flexibility index (Phi) is 8.67. The summed E-state index contributed by atoms with van der Waals surface area (Å²) in [6, 6.07) is 0. The normalized spacial score (nSPS) is 24.0. The first-order chi connectivity index (χ1) is 9.26. The molecular weight excluding hydrogens is 236 g/mol. The number of nitrogens with zero attached hydrogens (tertiary/aromatic N) is 1. The van der Waals surface area contributed by atoms with E-state index in [0.29, 0.717) is 5.41 Å². The van der Waals surface area contributed by atoms with Crippen LogP contribution in [0.4, 0.5) is 0 Å². The number of hydrogen-bond donors (Lipinski definition) is 1. The van der Waals surface area contributed by atoms with E-state index >= 15 is 0 Å². The Morgan fingerprint density at radius 3 is 2.37 bits per heavy atom. The molecule has 1 rings (SSSR count). The van der Waals surface area contributed by atoms with Gasteiger partial charge in [0.15, 0.2) is 0 Å². The van der Waals surface area contributed by atoms with Gasteiger partial charge in [-0.1, -0.05) is 20.8 Å². The first kappa shape index (κ1) is 16.9. The van der Waals surface area contributed by atoms with Gasteiger partial charge in [0.05, 0.1) is 6.61 Å². The summed E-state index contributed by atoms with van der Waals surface area (Å²) in [4.78, 5) is 2.64. The van der Waals surface area contributed by atoms with Gasteiger partial charge in [0.2, 0.25) is 0 Å². The van der Waals surface area contributed by atoms with E-state index in [4.69, 9.17) is 4.74 Å². The molecule has 1 heterocycles. The molecule has 1 fully saturated rings. The van der Waals surface area contributed by atoms with Gasteiger partial charge in [-0.05, 0) is 51.7 Å². The highest BCUT2D eigenvalue weighted by molar-refractivity contribution is 4.87. The second-order valence-corrected chi connectivity index (χ2v) is 6.11. The van der Waals surface area contributed by atoms with Gasteiger partial charge in [-0.3, -0.25) is 0 Å². The first-order valence-electron chi connectivity index (χ1n) is 8.27. The van der Waals surface area contributed by atoms with E-state index in [2.05, 4.69) is 31.0 Å².